The Bertz CT molecular complexity index is 578. The summed E-state index contributed by atoms with van der Waals surface area (Å²) in [7, 11) is 0. The van der Waals surface area contributed by atoms with Crippen molar-refractivity contribution >= 4 is 17.7 Å². The Hall–Kier alpha value is -1.89. The molecule has 2 heterocycles. The molecule has 6 nitrogen and oxygen atoms in total. The molecule has 0 amide bonds. The average molecular weight is 293 g/mol. The molecule has 0 aliphatic carbocycles. The van der Waals surface area contributed by atoms with E-state index in [4.69, 9.17) is 9.15 Å². The van der Waals surface area contributed by atoms with Gasteiger partial charge in [0.15, 0.2) is 0 Å². The van der Waals surface area contributed by atoms with Gasteiger partial charge in [0, 0.05) is 18.0 Å². The first-order chi connectivity index (χ1) is 9.44. The van der Waals surface area contributed by atoms with E-state index >= 15 is 0 Å². The standard InChI is InChI=1S/C13H15N3O3S/c1-13(2,3)19-10(17)8-20-12-16-15-11(18-12)9-4-6-14-7-5-9/h4-7H,8H2,1-3H3. The van der Waals surface area contributed by atoms with Crippen molar-refractivity contribution < 1.29 is 13.9 Å². The lowest BCUT2D eigenvalue weighted by atomic mass is 10.2. The van der Waals surface area contributed by atoms with E-state index in [1.54, 1.807) is 24.5 Å². The maximum atomic E-state index is 11.6. The monoisotopic (exact) mass is 293 g/mol. The first-order valence-corrected chi connectivity index (χ1v) is 7.01. The van der Waals surface area contributed by atoms with Crippen molar-refractivity contribution in [2.75, 3.05) is 5.75 Å². The second-order valence-corrected chi connectivity index (χ2v) is 5.91. The molecule has 0 aromatic carbocycles. The first kappa shape index (κ1) is 14.5. The number of nitrogens with zero attached hydrogens (tertiary/aromatic N) is 3. The number of aromatic nitrogens is 3. The third-order valence-corrected chi connectivity index (χ3v) is 2.86. The molecule has 20 heavy (non-hydrogen) atoms. The molecule has 2 rings (SSSR count). The zero-order chi connectivity index (χ0) is 14.6. The lowest BCUT2D eigenvalue weighted by Crippen LogP contribution is -2.24. The third kappa shape index (κ3) is 4.34. The van der Waals surface area contributed by atoms with Gasteiger partial charge in [0.2, 0.25) is 5.89 Å². The molecule has 0 unspecified atom stereocenters. The number of rotatable bonds is 4. The number of hydrogen-bond donors (Lipinski definition) is 0. The molecule has 0 radical (unpaired) electrons. The Morgan fingerprint density at radius 3 is 2.65 bits per heavy atom. The summed E-state index contributed by atoms with van der Waals surface area (Å²) in [6.45, 7) is 5.47. The number of carbonyl (C=O) groups is 1. The summed E-state index contributed by atoms with van der Waals surface area (Å²) in [5, 5.41) is 8.14. The molecule has 0 N–H and O–H groups in total. The van der Waals surface area contributed by atoms with Crippen molar-refractivity contribution in [2.24, 2.45) is 0 Å². The summed E-state index contributed by atoms with van der Waals surface area (Å²) in [5.74, 6) is 0.222. The predicted molar refractivity (Wildman–Crippen MR) is 74.1 cm³/mol. The van der Waals surface area contributed by atoms with E-state index in [0.717, 1.165) is 17.3 Å². The Labute approximate surface area is 120 Å². The minimum atomic E-state index is -0.491. The van der Waals surface area contributed by atoms with Crippen LogP contribution in [-0.2, 0) is 9.53 Å². The molecule has 0 aliphatic rings. The largest absolute Gasteiger partial charge is 0.459 e. The van der Waals surface area contributed by atoms with Crippen LogP contribution in [0, 0.1) is 0 Å². The van der Waals surface area contributed by atoms with Crippen LogP contribution in [0.15, 0.2) is 34.2 Å². The van der Waals surface area contributed by atoms with E-state index in [0.29, 0.717) is 11.1 Å². The fraction of sp³-hybridized carbons (Fsp3) is 0.385. The summed E-state index contributed by atoms with van der Waals surface area (Å²) >= 11 is 1.15. The molecule has 0 bridgehead atoms. The maximum Gasteiger partial charge on any atom is 0.316 e. The van der Waals surface area contributed by atoms with E-state index in [1.165, 1.54) is 0 Å². The van der Waals surface area contributed by atoms with Gasteiger partial charge < -0.3 is 9.15 Å². The number of hydrogen-bond acceptors (Lipinski definition) is 7. The highest BCUT2D eigenvalue weighted by atomic mass is 32.2. The summed E-state index contributed by atoms with van der Waals surface area (Å²) in [4.78, 5) is 15.5. The van der Waals surface area contributed by atoms with Gasteiger partial charge in [-0.05, 0) is 32.9 Å². The van der Waals surface area contributed by atoms with E-state index in [9.17, 15) is 4.79 Å². The van der Waals surface area contributed by atoms with Gasteiger partial charge in [0.25, 0.3) is 5.22 Å². The van der Waals surface area contributed by atoms with Gasteiger partial charge in [-0.2, -0.15) is 0 Å². The van der Waals surface area contributed by atoms with Crippen molar-refractivity contribution in [3.63, 3.8) is 0 Å². The Kier molecular flexibility index (Phi) is 4.39. The molecule has 0 saturated carbocycles. The third-order valence-electron chi connectivity index (χ3n) is 2.07. The van der Waals surface area contributed by atoms with Gasteiger partial charge in [-0.1, -0.05) is 11.8 Å². The highest BCUT2D eigenvalue weighted by molar-refractivity contribution is 7.99. The molecule has 106 valence electrons. The highest BCUT2D eigenvalue weighted by Gasteiger charge is 2.17. The molecule has 0 saturated heterocycles. The van der Waals surface area contributed by atoms with Crippen LogP contribution in [0.4, 0.5) is 0 Å². The van der Waals surface area contributed by atoms with E-state index in [2.05, 4.69) is 15.2 Å². The van der Waals surface area contributed by atoms with Gasteiger partial charge in [-0.3, -0.25) is 9.78 Å². The molecule has 2 aromatic rings. The van der Waals surface area contributed by atoms with E-state index in [1.807, 2.05) is 20.8 Å². The Morgan fingerprint density at radius 1 is 1.30 bits per heavy atom. The molecule has 0 spiro atoms. The van der Waals surface area contributed by atoms with Crippen LogP contribution in [0.25, 0.3) is 11.5 Å². The molecule has 0 fully saturated rings. The minimum absolute atomic E-state index is 0.134. The molecular formula is C13H15N3O3S. The van der Waals surface area contributed by atoms with Crippen LogP contribution in [0.2, 0.25) is 0 Å². The molecule has 7 heteroatoms. The zero-order valence-corrected chi connectivity index (χ0v) is 12.3. The van der Waals surface area contributed by atoms with Crippen LogP contribution in [0.3, 0.4) is 0 Å². The van der Waals surface area contributed by atoms with E-state index in [-0.39, 0.29) is 11.7 Å². The second kappa shape index (κ2) is 6.04. The van der Waals surface area contributed by atoms with Crippen molar-refractivity contribution in [1.82, 2.24) is 15.2 Å². The average Bonchev–Trinajstić information content (AvgIpc) is 2.84. The quantitative estimate of drug-likeness (QED) is 0.633. The zero-order valence-electron chi connectivity index (χ0n) is 11.5. The summed E-state index contributed by atoms with van der Waals surface area (Å²) < 4.78 is 10.6. The predicted octanol–water partition coefficient (Wildman–Crippen LogP) is 2.57. The smallest absolute Gasteiger partial charge is 0.316 e. The number of ether oxygens (including phenoxy) is 1. The van der Waals surface area contributed by atoms with Crippen molar-refractivity contribution in [3.8, 4) is 11.5 Å². The number of carbonyl (C=O) groups excluding carboxylic acids is 1. The van der Waals surface area contributed by atoms with Crippen LogP contribution >= 0.6 is 11.8 Å². The van der Waals surface area contributed by atoms with Gasteiger partial charge in [0.05, 0.1) is 0 Å². The lowest BCUT2D eigenvalue weighted by Gasteiger charge is -2.18. The van der Waals surface area contributed by atoms with Crippen molar-refractivity contribution in [3.05, 3.63) is 24.5 Å². The first-order valence-electron chi connectivity index (χ1n) is 6.02. The van der Waals surface area contributed by atoms with Gasteiger partial charge in [0.1, 0.15) is 11.4 Å². The number of pyridine rings is 1. The van der Waals surface area contributed by atoms with Crippen LogP contribution in [0.1, 0.15) is 20.8 Å². The normalized spacial score (nSPS) is 11.3. The Morgan fingerprint density at radius 2 is 2.00 bits per heavy atom. The number of esters is 1. The Balaban J connectivity index is 1.92. The summed E-state index contributed by atoms with van der Waals surface area (Å²) in [6.07, 6.45) is 3.29. The van der Waals surface area contributed by atoms with E-state index < -0.39 is 5.60 Å². The molecule has 0 aliphatic heterocycles. The SMILES string of the molecule is CC(C)(C)OC(=O)CSc1nnc(-c2ccncc2)o1. The number of thioether (sulfide) groups is 1. The summed E-state index contributed by atoms with van der Waals surface area (Å²) in [5.41, 5.74) is 0.297. The fourth-order valence-electron chi connectivity index (χ4n) is 1.37. The summed E-state index contributed by atoms with van der Waals surface area (Å²) in [6, 6.07) is 3.55. The van der Waals surface area contributed by atoms with Crippen LogP contribution < -0.4 is 0 Å². The molecule has 0 atom stereocenters. The minimum Gasteiger partial charge on any atom is -0.459 e. The lowest BCUT2D eigenvalue weighted by molar-refractivity contribution is -0.151. The second-order valence-electron chi connectivity index (χ2n) is 4.98. The van der Waals surface area contributed by atoms with Gasteiger partial charge in [-0.25, -0.2) is 0 Å². The molecular weight excluding hydrogens is 278 g/mol. The fourth-order valence-corrected chi connectivity index (χ4v) is 1.91. The maximum absolute atomic E-state index is 11.6. The highest BCUT2D eigenvalue weighted by Crippen LogP contribution is 2.23. The molecule has 2 aromatic heterocycles. The van der Waals surface area contributed by atoms with Crippen LogP contribution in [-0.4, -0.2) is 32.5 Å². The van der Waals surface area contributed by atoms with Crippen molar-refractivity contribution in [1.29, 1.82) is 0 Å². The topological polar surface area (TPSA) is 78.1 Å². The van der Waals surface area contributed by atoms with Gasteiger partial charge in [-0.15, -0.1) is 10.2 Å². The van der Waals surface area contributed by atoms with Crippen LogP contribution in [0.5, 0.6) is 0 Å². The van der Waals surface area contributed by atoms with Crippen molar-refractivity contribution in [2.45, 2.75) is 31.6 Å². The van der Waals surface area contributed by atoms with Gasteiger partial charge >= 0.3 is 5.97 Å².